The molecule has 0 aromatic carbocycles. The van der Waals surface area contributed by atoms with Gasteiger partial charge in [-0.25, -0.2) is 0 Å². The molecule has 336 valence electrons. The van der Waals surface area contributed by atoms with Crippen molar-refractivity contribution in [2.75, 3.05) is 13.7 Å². The van der Waals surface area contributed by atoms with Crippen LogP contribution in [0.2, 0.25) is 0 Å². The fourth-order valence-electron chi connectivity index (χ4n) is 8.96. The molecule has 1 saturated heterocycles. The average molecular weight is 831 g/mol. The summed E-state index contributed by atoms with van der Waals surface area (Å²) < 4.78 is 17.9. The van der Waals surface area contributed by atoms with E-state index >= 15 is 0 Å². The Bertz CT molecular complexity index is 1540. The Morgan fingerprint density at radius 2 is 1.70 bits per heavy atom. The molecule has 0 bridgehead atoms. The number of hydrogen-bond donors (Lipinski definition) is 1. The van der Waals surface area contributed by atoms with E-state index in [1.54, 1.807) is 7.11 Å². The number of aldehydes is 1. The van der Waals surface area contributed by atoms with E-state index in [0.29, 0.717) is 56.0 Å². The van der Waals surface area contributed by atoms with Crippen molar-refractivity contribution in [3.8, 4) is 0 Å². The first-order chi connectivity index (χ1) is 28.6. The fourth-order valence-corrected chi connectivity index (χ4v) is 8.96. The number of Topliss-reactive ketones (excluding diaryl/α,β-unsaturated/α-hetero) is 2. The highest BCUT2D eigenvalue weighted by Crippen LogP contribution is 2.47. The predicted octanol–water partition coefficient (Wildman–Crippen LogP) is 11.5. The summed E-state index contributed by atoms with van der Waals surface area (Å²) in [6, 6.07) is -0.201. The topological polar surface area (TPSA) is 117 Å². The molecule has 2 aliphatic carbocycles. The van der Waals surface area contributed by atoms with E-state index in [1.165, 1.54) is 56.9 Å². The molecule has 3 aliphatic rings. The summed E-state index contributed by atoms with van der Waals surface area (Å²) >= 11 is 0. The minimum atomic E-state index is -0.634. The first-order valence-electron chi connectivity index (χ1n) is 23.2. The third-order valence-corrected chi connectivity index (χ3v) is 13.3. The number of nitrogens with zero attached hydrogens (tertiary/aromatic N) is 1. The summed E-state index contributed by atoms with van der Waals surface area (Å²) in [4.78, 5) is 40.2. The molecule has 0 aromatic rings. The molecule has 0 radical (unpaired) electrons. The van der Waals surface area contributed by atoms with Crippen LogP contribution in [0, 0.1) is 29.1 Å². The van der Waals surface area contributed by atoms with Crippen LogP contribution >= 0.6 is 0 Å². The number of carbonyl (C=O) groups excluding carboxylic acids is 3. The second-order valence-corrected chi connectivity index (χ2v) is 19.1. The van der Waals surface area contributed by atoms with Gasteiger partial charge in [0.15, 0.2) is 6.29 Å². The van der Waals surface area contributed by atoms with Crippen LogP contribution in [-0.2, 0) is 28.6 Å². The van der Waals surface area contributed by atoms with Gasteiger partial charge in [0, 0.05) is 43.8 Å². The van der Waals surface area contributed by atoms with Crippen molar-refractivity contribution >= 4 is 23.6 Å². The van der Waals surface area contributed by atoms with E-state index in [4.69, 9.17) is 19.9 Å². The third-order valence-electron chi connectivity index (χ3n) is 13.3. The van der Waals surface area contributed by atoms with E-state index in [2.05, 4.69) is 38.4 Å². The lowest BCUT2D eigenvalue weighted by molar-refractivity contribution is -0.145. The van der Waals surface area contributed by atoms with Crippen LogP contribution in [0.5, 0.6) is 0 Å². The molecule has 0 spiro atoms. The van der Waals surface area contributed by atoms with Gasteiger partial charge in [0.05, 0.1) is 24.9 Å². The number of allylic oxidation sites excluding steroid dienone is 6. The Hall–Kier alpha value is -3.04. The van der Waals surface area contributed by atoms with Crippen LogP contribution in [0.1, 0.15) is 158 Å². The summed E-state index contributed by atoms with van der Waals surface area (Å²) in [6.07, 6.45) is 33.4. The first-order valence-corrected chi connectivity index (χ1v) is 23.2. The maximum absolute atomic E-state index is 13.1. The Kier molecular flexibility index (Phi) is 23.2. The van der Waals surface area contributed by atoms with Gasteiger partial charge in [-0.3, -0.25) is 19.4 Å². The van der Waals surface area contributed by atoms with Gasteiger partial charge in [-0.2, -0.15) is 0 Å². The van der Waals surface area contributed by atoms with Crippen molar-refractivity contribution in [1.29, 1.82) is 0 Å². The standard InChI is InChI=1S/C52H82N2O6/c1-10-42(34-54-37(2)3)36-59-46-26-29-52(8,30-27-46)28-25-44(43-22-23-43)21-19-38(4)31-39(5)20-24-48(56)41(7)32-45(53)16-13-11-12-15-40(6)51(58-9)33-47-17-14-18-50(60-47)49(57)35-55/h10-13,15-16,31,34-35,38,41,43-47,50-51H,1,14,17-30,32-33,36,53H2,2-9H3/b12-11+,16-13+,39-31+,40-15+,42-34+. The zero-order chi connectivity index (χ0) is 44.1. The first kappa shape index (κ1) is 51.3. The molecule has 8 nitrogen and oxygen atoms in total. The second-order valence-electron chi connectivity index (χ2n) is 19.1. The number of methoxy groups -OCH3 is 1. The van der Waals surface area contributed by atoms with Crippen molar-refractivity contribution in [2.45, 2.75) is 188 Å². The van der Waals surface area contributed by atoms with Crippen molar-refractivity contribution < 1.29 is 28.6 Å². The highest BCUT2D eigenvalue weighted by Gasteiger charge is 2.36. The lowest BCUT2D eigenvalue weighted by Crippen LogP contribution is -2.36. The molecule has 7 unspecified atom stereocenters. The van der Waals surface area contributed by atoms with E-state index in [1.807, 2.05) is 70.4 Å². The summed E-state index contributed by atoms with van der Waals surface area (Å²) in [6.45, 7) is 19.6. The highest BCUT2D eigenvalue weighted by molar-refractivity contribution is 6.27. The maximum atomic E-state index is 13.1. The van der Waals surface area contributed by atoms with Gasteiger partial charge >= 0.3 is 0 Å². The van der Waals surface area contributed by atoms with Crippen LogP contribution in [0.4, 0.5) is 0 Å². The van der Waals surface area contributed by atoms with Gasteiger partial charge in [-0.05, 0) is 158 Å². The lowest BCUT2D eigenvalue weighted by atomic mass is 9.70. The van der Waals surface area contributed by atoms with Crippen molar-refractivity contribution in [3.05, 3.63) is 72.0 Å². The zero-order valence-electron chi connectivity index (χ0n) is 38.8. The molecule has 0 amide bonds. The van der Waals surface area contributed by atoms with Gasteiger partial charge < -0.3 is 19.9 Å². The Labute approximate surface area is 364 Å². The highest BCUT2D eigenvalue weighted by atomic mass is 16.5. The van der Waals surface area contributed by atoms with Crippen LogP contribution in [-0.4, -0.2) is 67.7 Å². The van der Waals surface area contributed by atoms with Crippen LogP contribution < -0.4 is 5.73 Å². The average Bonchev–Trinajstić information content (AvgIpc) is 4.08. The summed E-state index contributed by atoms with van der Waals surface area (Å²) in [5.41, 5.74) is 11.3. The summed E-state index contributed by atoms with van der Waals surface area (Å²) in [7, 11) is 1.67. The quantitative estimate of drug-likeness (QED) is 0.0274. The molecule has 2 N–H and O–H groups in total. The van der Waals surface area contributed by atoms with Crippen molar-refractivity contribution in [3.63, 3.8) is 0 Å². The molecule has 0 aromatic heterocycles. The third kappa shape index (κ3) is 19.8. The van der Waals surface area contributed by atoms with Crippen LogP contribution in [0.25, 0.3) is 0 Å². The molecule has 7 atom stereocenters. The molecule has 1 aliphatic heterocycles. The van der Waals surface area contributed by atoms with Gasteiger partial charge in [0.25, 0.3) is 0 Å². The molecule has 60 heavy (non-hydrogen) atoms. The van der Waals surface area contributed by atoms with Gasteiger partial charge in [0.2, 0.25) is 5.78 Å². The second kappa shape index (κ2) is 27.1. The van der Waals surface area contributed by atoms with E-state index in [-0.39, 0.29) is 30.0 Å². The van der Waals surface area contributed by atoms with Crippen molar-refractivity contribution in [2.24, 2.45) is 39.8 Å². The monoisotopic (exact) mass is 831 g/mol. The molecule has 3 rings (SSSR count). The Morgan fingerprint density at radius 1 is 0.967 bits per heavy atom. The van der Waals surface area contributed by atoms with Gasteiger partial charge in [-0.15, -0.1) is 0 Å². The molecular weight excluding hydrogens is 749 g/mol. The van der Waals surface area contributed by atoms with Gasteiger partial charge in [0.1, 0.15) is 11.9 Å². The number of aliphatic imine (C=N–C) groups is 1. The van der Waals surface area contributed by atoms with E-state index in [0.717, 1.165) is 60.8 Å². The Morgan fingerprint density at radius 3 is 2.35 bits per heavy atom. The number of nitrogens with two attached hydrogens (primary N) is 1. The maximum Gasteiger partial charge on any atom is 0.223 e. The predicted molar refractivity (Wildman–Crippen MR) is 248 cm³/mol. The summed E-state index contributed by atoms with van der Waals surface area (Å²) in [5, 5.41) is 0. The fraction of sp³-hybridized carbons (Fsp3) is 0.692. The van der Waals surface area contributed by atoms with Crippen LogP contribution in [0.3, 0.4) is 0 Å². The van der Waals surface area contributed by atoms with E-state index < -0.39 is 11.9 Å². The van der Waals surface area contributed by atoms with Gasteiger partial charge in [-0.1, -0.05) is 75.5 Å². The Balaban J connectivity index is 1.34. The molecule has 8 heteroatoms. The SMILES string of the molecule is C=C/C(=C\N=C(C)C)COC1CCC(C)(CCC(CCC(C)/C=C(\C)CCC(=O)C(C)CC(N)/C=C/C=C/C=C(\C)C(CC2CCCC(C(=O)C=O)O2)OC)C2CC2)CC1. The number of hydrogen-bond acceptors (Lipinski definition) is 8. The molecule has 3 fully saturated rings. The normalized spacial score (nSPS) is 25.8. The number of carbonyl (C=O) groups is 3. The van der Waals surface area contributed by atoms with E-state index in [9.17, 15) is 14.4 Å². The largest absolute Gasteiger partial charge is 0.377 e. The zero-order valence-corrected chi connectivity index (χ0v) is 38.8. The lowest BCUT2D eigenvalue weighted by Gasteiger charge is -2.38. The molecule has 2 saturated carbocycles. The minimum absolute atomic E-state index is 0.0898. The van der Waals surface area contributed by atoms with Crippen LogP contribution in [0.15, 0.2) is 77.0 Å². The van der Waals surface area contributed by atoms with Crippen molar-refractivity contribution in [1.82, 2.24) is 0 Å². The minimum Gasteiger partial charge on any atom is -0.377 e. The number of ketones is 2. The summed E-state index contributed by atoms with van der Waals surface area (Å²) in [5.74, 6) is 1.98. The number of ether oxygens (including phenoxy) is 3. The molecule has 1 heterocycles. The smallest absolute Gasteiger partial charge is 0.223 e. The molecular formula is C52H82N2O6. The number of rotatable bonds is 28.